The molecule has 1 amide bonds. The topological polar surface area (TPSA) is 67.0 Å². The molecule has 2 rings (SSSR count). The number of rotatable bonds is 4. The largest absolute Gasteiger partial charge is 0.488 e. The van der Waals surface area contributed by atoms with E-state index in [-0.39, 0.29) is 11.5 Å². The summed E-state index contributed by atoms with van der Waals surface area (Å²) in [6, 6.07) is 7.70. The van der Waals surface area contributed by atoms with Crippen molar-refractivity contribution in [1.29, 1.82) is 0 Å². The third-order valence-corrected chi connectivity index (χ3v) is 2.56. The number of benzene rings is 1. The molecule has 0 aliphatic carbocycles. The highest BCUT2D eigenvalue weighted by Crippen LogP contribution is 2.18. The predicted octanol–water partition coefficient (Wildman–Crippen LogP) is 2.52. The van der Waals surface area contributed by atoms with E-state index >= 15 is 0 Å². The van der Waals surface area contributed by atoms with E-state index in [0.717, 1.165) is 11.3 Å². The van der Waals surface area contributed by atoms with Crippen LogP contribution in [0.25, 0.3) is 0 Å². The van der Waals surface area contributed by atoms with Crippen molar-refractivity contribution in [3.63, 3.8) is 0 Å². The molecule has 0 bridgehead atoms. The van der Waals surface area contributed by atoms with Gasteiger partial charge in [0.1, 0.15) is 11.4 Å². The Morgan fingerprint density at radius 2 is 2.00 bits per heavy atom. The second kappa shape index (κ2) is 5.77. The quantitative estimate of drug-likeness (QED) is 0.899. The summed E-state index contributed by atoms with van der Waals surface area (Å²) in [7, 11) is 0. The molecule has 1 aromatic carbocycles. The van der Waals surface area contributed by atoms with E-state index in [1.165, 1.54) is 6.20 Å². The van der Waals surface area contributed by atoms with Crippen LogP contribution < -0.4 is 10.1 Å². The maximum Gasteiger partial charge on any atom is 0.254 e. The molecule has 20 heavy (non-hydrogen) atoms. The number of hydrogen-bond donors (Lipinski definition) is 2. The minimum Gasteiger partial charge on any atom is -0.488 e. The molecular formula is C15H19N3O2. The zero-order valence-corrected chi connectivity index (χ0v) is 11.9. The van der Waals surface area contributed by atoms with Gasteiger partial charge in [-0.15, -0.1) is 0 Å². The Bertz CT molecular complexity index is 554. The van der Waals surface area contributed by atoms with Crippen LogP contribution in [0.3, 0.4) is 0 Å². The van der Waals surface area contributed by atoms with Crippen LogP contribution >= 0.6 is 0 Å². The molecule has 0 spiro atoms. The third kappa shape index (κ3) is 4.12. The van der Waals surface area contributed by atoms with Gasteiger partial charge in [0.15, 0.2) is 0 Å². The van der Waals surface area contributed by atoms with E-state index in [1.807, 2.05) is 45.0 Å². The molecule has 2 N–H and O–H groups in total. The fraction of sp³-hybridized carbons (Fsp3) is 0.333. The summed E-state index contributed by atoms with van der Waals surface area (Å²) in [5.74, 6) is 0.677. The molecule has 0 aliphatic rings. The van der Waals surface area contributed by atoms with Crippen LogP contribution in [-0.4, -0.2) is 21.7 Å². The summed E-state index contributed by atoms with van der Waals surface area (Å²) in [6.07, 6.45) is 3.06. The van der Waals surface area contributed by atoms with E-state index in [2.05, 4.69) is 15.5 Å². The first-order valence-electron chi connectivity index (χ1n) is 6.49. The number of hydrogen-bond acceptors (Lipinski definition) is 3. The molecule has 1 aromatic heterocycles. The second-order valence-electron chi connectivity index (χ2n) is 5.53. The highest BCUT2D eigenvalue weighted by molar-refractivity contribution is 5.93. The van der Waals surface area contributed by atoms with Gasteiger partial charge in [0.25, 0.3) is 5.91 Å². The van der Waals surface area contributed by atoms with Crippen molar-refractivity contribution in [3.8, 4) is 5.75 Å². The SMILES string of the molecule is CC(C)(C)Oc1ccc(CNC(=O)c2cn[nH]c2)cc1. The summed E-state index contributed by atoms with van der Waals surface area (Å²) in [4.78, 5) is 11.7. The standard InChI is InChI=1S/C15H19N3O2/c1-15(2,3)20-13-6-4-11(5-7-13)8-16-14(19)12-9-17-18-10-12/h4-7,9-10H,8H2,1-3H3,(H,16,19)(H,17,18). The minimum atomic E-state index is -0.211. The van der Waals surface area contributed by atoms with Gasteiger partial charge in [-0.05, 0) is 38.5 Å². The van der Waals surface area contributed by atoms with Gasteiger partial charge < -0.3 is 10.1 Å². The van der Waals surface area contributed by atoms with E-state index in [4.69, 9.17) is 4.74 Å². The van der Waals surface area contributed by atoms with Crippen LogP contribution in [0.5, 0.6) is 5.75 Å². The molecule has 1 heterocycles. The van der Waals surface area contributed by atoms with Gasteiger partial charge >= 0.3 is 0 Å². The van der Waals surface area contributed by atoms with Crippen molar-refractivity contribution in [2.75, 3.05) is 0 Å². The minimum absolute atomic E-state index is 0.145. The Labute approximate surface area is 118 Å². The molecule has 5 nitrogen and oxygen atoms in total. The van der Waals surface area contributed by atoms with E-state index < -0.39 is 0 Å². The Kier molecular flexibility index (Phi) is 4.08. The summed E-state index contributed by atoms with van der Waals surface area (Å²) in [5.41, 5.74) is 1.33. The van der Waals surface area contributed by atoms with Gasteiger partial charge in [-0.25, -0.2) is 0 Å². The number of ether oxygens (including phenoxy) is 1. The van der Waals surface area contributed by atoms with E-state index in [1.54, 1.807) is 6.20 Å². The van der Waals surface area contributed by atoms with Gasteiger partial charge in [-0.2, -0.15) is 5.10 Å². The molecule has 0 saturated carbocycles. The fourth-order valence-corrected chi connectivity index (χ4v) is 1.69. The first kappa shape index (κ1) is 14.1. The van der Waals surface area contributed by atoms with Gasteiger partial charge in [0, 0.05) is 12.7 Å². The van der Waals surface area contributed by atoms with Crippen LogP contribution in [0.2, 0.25) is 0 Å². The Morgan fingerprint density at radius 1 is 1.30 bits per heavy atom. The normalized spacial score (nSPS) is 11.2. The summed E-state index contributed by atoms with van der Waals surface area (Å²) >= 11 is 0. The van der Waals surface area contributed by atoms with Crippen LogP contribution in [0.1, 0.15) is 36.7 Å². The van der Waals surface area contributed by atoms with Crippen molar-refractivity contribution in [2.24, 2.45) is 0 Å². The lowest BCUT2D eigenvalue weighted by Crippen LogP contribution is -2.23. The number of aromatic nitrogens is 2. The summed E-state index contributed by atoms with van der Waals surface area (Å²) in [6.45, 7) is 6.49. The lowest BCUT2D eigenvalue weighted by molar-refractivity contribution is 0.0951. The van der Waals surface area contributed by atoms with Crippen LogP contribution in [0.15, 0.2) is 36.7 Å². The van der Waals surface area contributed by atoms with Crippen molar-refractivity contribution in [1.82, 2.24) is 15.5 Å². The van der Waals surface area contributed by atoms with Gasteiger partial charge in [-0.3, -0.25) is 9.89 Å². The number of H-pyrrole nitrogens is 1. The van der Waals surface area contributed by atoms with Gasteiger partial charge in [-0.1, -0.05) is 12.1 Å². The Hall–Kier alpha value is -2.30. The van der Waals surface area contributed by atoms with E-state index in [0.29, 0.717) is 12.1 Å². The Morgan fingerprint density at radius 3 is 2.55 bits per heavy atom. The lowest BCUT2D eigenvalue weighted by atomic mass is 10.1. The lowest BCUT2D eigenvalue weighted by Gasteiger charge is -2.21. The molecule has 2 aromatic rings. The highest BCUT2D eigenvalue weighted by atomic mass is 16.5. The molecule has 0 unspecified atom stereocenters. The van der Waals surface area contributed by atoms with Crippen molar-refractivity contribution in [2.45, 2.75) is 32.9 Å². The van der Waals surface area contributed by atoms with Crippen LogP contribution in [0.4, 0.5) is 0 Å². The number of nitrogens with one attached hydrogen (secondary N) is 2. The van der Waals surface area contributed by atoms with Gasteiger partial charge in [0.2, 0.25) is 0 Å². The first-order chi connectivity index (χ1) is 9.44. The second-order valence-corrected chi connectivity index (χ2v) is 5.53. The van der Waals surface area contributed by atoms with Crippen LogP contribution in [-0.2, 0) is 6.54 Å². The molecular weight excluding hydrogens is 254 g/mol. The maximum absolute atomic E-state index is 11.7. The van der Waals surface area contributed by atoms with E-state index in [9.17, 15) is 4.79 Å². The molecule has 0 radical (unpaired) electrons. The monoisotopic (exact) mass is 273 g/mol. The molecule has 5 heteroatoms. The Balaban J connectivity index is 1.89. The smallest absolute Gasteiger partial charge is 0.254 e. The average molecular weight is 273 g/mol. The average Bonchev–Trinajstić information content (AvgIpc) is 2.89. The number of amides is 1. The van der Waals surface area contributed by atoms with Crippen molar-refractivity contribution in [3.05, 3.63) is 47.8 Å². The number of aromatic amines is 1. The molecule has 0 saturated heterocycles. The summed E-state index contributed by atoms with van der Waals surface area (Å²) < 4.78 is 5.74. The predicted molar refractivity (Wildman–Crippen MR) is 76.6 cm³/mol. The number of carbonyl (C=O) groups excluding carboxylic acids is 1. The number of nitrogens with zero attached hydrogens (tertiary/aromatic N) is 1. The first-order valence-corrected chi connectivity index (χ1v) is 6.49. The zero-order valence-electron chi connectivity index (χ0n) is 11.9. The fourth-order valence-electron chi connectivity index (χ4n) is 1.69. The third-order valence-electron chi connectivity index (χ3n) is 2.56. The molecule has 106 valence electrons. The van der Waals surface area contributed by atoms with Crippen LogP contribution in [0, 0.1) is 0 Å². The number of carbonyl (C=O) groups is 1. The van der Waals surface area contributed by atoms with Gasteiger partial charge in [0.05, 0.1) is 11.8 Å². The van der Waals surface area contributed by atoms with Crippen molar-refractivity contribution < 1.29 is 9.53 Å². The molecule has 0 fully saturated rings. The summed E-state index contributed by atoms with van der Waals surface area (Å²) in [5, 5.41) is 9.18. The zero-order chi connectivity index (χ0) is 14.6. The van der Waals surface area contributed by atoms with Crippen molar-refractivity contribution >= 4 is 5.91 Å². The molecule has 0 atom stereocenters. The molecule has 0 aliphatic heterocycles. The highest BCUT2D eigenvalue weighted by Gasteiger charge is 2.11. The maximum atomic E-state index is 11.7.